The molecule has 0 fully saturated rings. The highest BCUT2D eigenvalue weighted by Gasteiger charge is 2.05. The molecule has 0 spiro atoms. The molecule has 1 N–H and O–H groups in total. The monoisotopic (exact) mass is 359 g/mol. The smallest absolute Gasteiger partial charge is 0.252 e. The molecule has 136 valence electrons. The van der Waals surface area contributed by atoms with Crippen molar-refractivity contribution in [2.45, 2.75) is 25.7 Å². The van der Waals surface area contributed by atoms with Gasteiger partial charge >= 0.3 is 0 Å². The van der Waals surface area contributed by atoms with Crippen molar-refractivity contribution in [1.29, 1.82) is 0 Å². The largest absolute Gasteiger partial charge is 0.356 e. The molecule has 2 heterocycles. The number of aromatic nitrogens is 4. The van der Waals surface area contributed by atoms with E-state index in [9.17, 15) is 4.79 Å². The van der Waals surface area contributed by atoms with E-state index in [4.69, 9.17) is 0 Å². The molecular formula is C21H21N5O. The Hall–Kier alpha value is -3.28. The Morgan fingerprint density at radius 2 is 1.93 bits per heavy atom. The molecule has 0 atom stereocenters. The summed E-state index contributed by atoms with van der Waals surface area (Å²) in [4.78, 5) is 20.4. The molecule has 0 aliphatic carbocycles. The van der Waals surface area contributed by atoms with Crippen LogP contribution in [0.5, 0.6) is 0 Å². The Labute approximate surface area is 157 Å². The predicted octanol–water partition coefficient (Wildman–Crippen LogP) is 2.96. The van der Waals surface area contributed by atoms with E-state index in [1.54, 1.807) is 4.52 Å². The molecule has 6 heteroatoms. The van der Waals surface area contributed by atoms with Crippen LogP contribution in [-0.4, -0.2) is 32.0 Å². The Bertz CT molecular complexity index is 1070. The number of hydrogen-bond donors (Lipinski definition) is 1. The average molecular weight is 359 g/mol. The summed E-state index contributed by atoms with van der Waals surface area (Å²) in [6, 6.07) is 14.5. The number of amides is 1. The van der Waals surface area contributed by atoms with Gasteiger partial charge in [-0.15, -0.1) is 0 Å². The van der Waals surface area contributed by atoms with E-state index in [2.05, 4.69) is 50.7 Å². The molecule has 0 saturated carbocycles. The first-order valence-electron chi connectivity index (χ1n) is 9.17. The Morgan fingerprint density at radius 3 is 2.89 bits per heavy atom. The van der Waals surface area contributed by atoms with Crippen LogP contribution in [0.25, 0.3) is 16.6 Å². The fraction of sp³-hybridized carbons (Fsp3) is 0.238. The minimum Gasteiger partial charge on any atom is -0.356 e. The van der Waals surface area contributed by atoms with E-state index in [1.807, 2.05) is 24.5 Å². The summed E-state index contributed by atoms with van der Waals surface area (Å²) in [5.74, 6) is 0.688. The molecule has 1 amide bonds. The lowest BCUT2D eigenvalue weighted by Crippen LogP contribution is -2.25. The first-order chi connectivity index (χ1) is 13.3. The Kier molecular flexibility index (Phi) is 5.05. The van der Waals surface area contributed by atoms with E-state index in [-0.39, 0.29) is 5.91 Å². The van der Waals surface area contributed by atoms with Crippen LogP contribution in [-0.2, 0) is 17.6 Å². The zero-order chi connectivity index (χ0) is 18.5. The van der Waals surface area contributed by atoms with Gasteiger partial charge < -0.3 is 5.32 Å². The molecule has 2 aromatic carbocycles. The lowest BCUT2D eigenvalue weighted by atomic mass is 10.0. The minimum atomic E-state index is 0.0905. The number of fused-ring (bicyclic) bond motifs is 2. The first-order valence-corrected chi connectivity index (χ1v) is 9.17. The van der Waals surface area contributed by atoms with Crippen molar-refractivity contribution < 1.29 is 4.79 Å². The van der Waals surface area contributed by atoms with E-state index >= 15 is 0 Å². The molecule has 4 aromatic rings. The van der Waals surface area contributed by atoms with Crippen LogP contribution in [0.2, 0.25) is 0 Å². The molecule has 27 heavy (non-hydrogen) atoms. The van der Waals surface area contributed by atoms with Gasteiger partial charge in [0.05, 0.1) is 0 Å². The molecule has 0 radical (unpaired) electrons. The summed E-state index contributed by atoms with van der Waals surface area (Å²) >= 11 is 0. The summed E-state index contributed by atoms with van der Waals surface area (Å²) in [5.41, 5.74) is 2.30. The number of rotatable bonds is 7. The molecule has 0 saturated heterocycles. The Morgan fingerprint density at radius 1 is 1.04 bits per heavy atom. The van der Waals surface area contributed by atoms with Gasteiger partial charge in [0.2, 0.25) is 5.91 Å². The van der Waals surface area contributed by atoms with E-state index in [1.165, 1.54) is 22.7 Å². The van der Waals surface area contributed by atoms with Gasteiger partial charge in [0.25, 0.3) is 5.78 Å². The van der Waals surface area contributed by atoms with Crippen LogP contribution in [0, 0.1) is 0 Å². The number of benzene rings is 2. The number of carbonyl (C=O) groups is 1. The van der Waals surface area contributed by atoms with Crippen molar-refractivity contribution in [2.75, 3.05) is 6.54 Å². The third-order valence-corrected chi connectivity index (χ3v) is 4.65. The maximum Gasteiger partial charge on any atom is 0.252 e. The third-order valence-electron chi connectivity index (χ3n) is 4.65. The maximum absolute atomic E-state index is 12.2. The van der Waals surface area contributed by atoms with Crippen molar-refractivity contribution in [3.63, 3.8) is 0 Å². The number of hydrogen-bond acceptors (Lipinski definition) is 4. The molecule has 6 nitrogen and oxygen atoms in total. The van der Waals surface area contributed by atoms with Gasteiger partial charge in [0.15, 0.2) is 0 Å². The average Bonchev–Trinajstić information content (AvgIpc) is 3.17. The van der Waals surface area contributed by atoms with Gasteiger partial charge in [-0.25, -0.2) is 9.50 Å². The minimum absolute atomic E-state index is 0.0905. The van der Waals surface area contributed by atoms with Gasteiger partial charge in [0, 0.05) is 25.4 Å². The van der Waals surface area contributed by atoms with Crippen molar-refractivity contribution in [1.82, 2.24) is 24.9 Å². The standard InChI is InChI=1S/C21H21N5O/c27-20(11-10-18-8-3-7-17-6-1-2-9-19(17)18)22-12-4-5-16-13-23-21-24-15-25-26(21)14-16/h1-3,6-9,13-15H,4-5,10-12H2,(H,22,27). The van der Waals surface area contributed by atoms with E-state index in [0.717, 1.165) is 24.8 Å². The zero-order valence-corrected chi connectivity index (χ0v) is 15.0. The highest BCUT2D eigenvalue weighted by Crippen LogP contribution is 2.19. The molecule has 0 aliphatic rings. The molecule has 0 aliphatic heterocycles. The highest BCUT2D eigenvalue weighted by atomic mass is 16.1. The SMILES string of the molecule is O=C(CCc1cccc2ccccc12)NCCCc1cnc2ncnn2c1. The second kappa shape index (κ2) is 7.95. The van der Waals surface area contributed by atoms with Crippen LogP contribution < -0.4 is 5.32 Å². The van der Waals surface area contributed by atoms with E-state index < -0.39 is 0 Å². The quantitative estimate of drug-likeness (QED) is 0.515. The number of nitrogens with one attached hydrogen (secondary N) is 1. The molecule has 4 rings (SSSR count). The summed E-state index contributed by atoms with van der Waals surface area (Å²) in [7, 11) is 0. The second-order valence-corrected chi connectivity index (χ2v) is 6.56. The predicted molar refractivity (Wildman–Crippen MR) is 104 cm³/mol. The number of aryl methyl sites for hydroxylation is 2. The van der Waals surface area contributed by atoms with Gasteiger partial charge in [-0.2, -0.15) is 10.1 Å². The molecule has 0 bridgehead atoms. The van der Waals surface area contributed by atoms with Crippen LogP contribution in [0.15, 0.2) is 61.2 Å². The van der Waals surface area contributed by atoms with Crippen LogP contribution in [0.1, 0.15) is 24.0 Å². The van der Waals surface area contributed by atoms with Gasteiger partial charge in [-0.1, -0.05) is 42.5 Å². The maximum atomic E-state index is 12.2. The Balaban J connectivity index is 1.23. The van der Waals surface area contributed by atoms with Gasteiger partial charge in [-0.05, 0) is 41.2 Å². The van der Waals surface area contributed by atoms with Crippen molar-refractivity contribution >= 4 is 22.5 Å². The lowest BCUT2D eigenvalue weighted by molar-refractivity contribution is -0.121. The van der Waals surface area contributed by atoms with E-state index in [0.29, 0.717) is 18.7 Å². The third kappa shape index (κ3) is 4.11. The van der Waals surface area contributed by atoms with Gasteiger partial charge in [-0.3, -0.25) is 4.79 Å². The van der Waals surface area contributed by atoms with Crippen molar-refractivity contribution in [3.8, 4) is 0 Å². The normalized spacial score (nSPS) is 11.1. The molecule has 0 unspecified atom stereocenters. The topological polar surface area (TPSA) is 72.2 Å². The fourth-order valence-corrected chi connectivity index (χ4v) is 3.25. The summed E-state index contributed by atoms with van der Waals surface area (Å²) in [5, 5.41) is 9.53. The number of nitrogens with zero attached hydrogens (tertiary/aromatic N) is 4. The lowest BCUT2D eigenvalue weighted by Gasteiger charge is -2.08. The van der Waals surface area contributed by atoms with Gasteiger partial charge in [0.1, 0.15) is 6.33 Å². The van der Waals surface area contributed by atoms with Crippen LogP contribution in [0.3, 0.4) is 0 Å². The first kappa shape index (κ1) is 17.1. The summed E-state index contributed by atoms with van der Waals surface area (Å²) in [6.07, 6.45) is 8.18. The zero-order valence-electron chi connectivity index (χ0n) is 15.0. The fourth-order valence-electron chi connectivity index (χ4n) is 3.25. The molecule has 2 aromatic heterocycles. The van der Waals surface area contributed by atoms with Crippen LogP contribution in [0.4, 0.5) is 0 Å². The number of carbonyl (C=O) groups excluding carboxylic acids is 1. The molecular weight excluding hydrogens is 338 g/mol. The van der Waals surface area contributed by atoms with Crippen molar-refractivity contribution in [3.05, 3.63) is 72.3 Å². The highest BCUT2D eigenvalue weighted by molar-refractivity contribution is 5.86. The van der Waals surface area contributed by atoms with Crippen molar-refractivity contribution in [2.24, 2.45) is 0 Å². The second-order valence-electron chi connectivity index (χ2n) is 6.56. The van der Waals surface area contributed by atoms with Crippen LogP contribution >= 0.6 is 0 Å². The summed E-state index contributed by atoms with van der Waals surface area (Å²) < 4.78 is 1.66. The summed E-state index contributed by atoms with van der Waals surface area (Å²) in [6.45, 7) is 0.657.